The summed E-state index contributed by atoms with van der Waals surface area (Å²) in [4.78, 5) is 14.6. The minimum Gasteiger partial charge on any atom is -0.392 e. The highest BCUT2D eigenvalue weighted by molar-refractivity contribution is 7.80. The van der Waals surface area contributed by atoms with Gasteiger partial charge in [0.1, 0.15) is 6.04 Å². The van der Waals surface area contributed by atoms with Gasteiger partial charge in [-0.05, 0) is 12.8 Å². The zero-order valence-corrected chi connectivity index (χ0v) is 12.0. The summed E-state index contributed by atoms with van der Waals surface area (Å²) >= 11 is 5.09. The quantitative estimate of drug-likeness (QED) is 0.680. The summed E-state index contributed by atoms with van der Waals surface area (Å²) < 4.78 is 5.40. The molecule has 1 rings (SSSR count). The average Bonchev–Trinajstić information content (AvgIpc) is 2.37. The van der Waals surface area contributed by atoms with Crippen molar-refractivity contribution in [2.45, 2.75) is 38.8 Å². The second kappa shape index (κ2) is 7.66. The summed E-state index contributed by atoms with van der Waals surface area (Å²) in [5, 5.41) is 2.91. The Bertz CT molecular complexity index is 299. The molecule has 1 saturated heterocycles. The minimum absolute atomic E-state index is 0.00579. The fourth-order valence-electron chi connectivity index (χ4n) is 2.18. The standard InChI is InChI=1S/C12H23N3O2S/c1-3-5-14-12(16)10-8-17-7-6-15(10)9(4-2)11(13)18/h9-10H,3-8H2,1-2H3,(H2,13,18)(H,14,16). The van der Waals surface area contributed by atoms with Gasteiger partial charge in [0, 0.05) is 13.1 Å². The molecule has 1 aliphatic rings. The van der Waals surface area contributed by atoms with E-state index in [0.29, 0.717) is 31.3 Å². The number of nitrogens with one attached hydrogen (secondary N) is 1. The van der Waals surface area contributed by atoms with Gasteiger partial charge in [0.2, 0.25) is 5.91 Å². The van der Waals surface area contributed by atoms with E-state index < -0.39 is 0 Å². The largest absolute Gasteiger partial charge is 0.392 e. The number of carbonyl (C=O) groups is 1. The lowest BCUT2D eigenvalue weighted by Gasteiger charge is -2.39. The van der Waals surface area contributed by atoms with Gasteiger partial charge in [-0.15, -0.1) is 0 Å². The summed E-state index contributed by atoms with van der Waals surface area (Å²) in [5.41, 5.74) is 5.76. The lowest BCUT2D eigenvalue weighted by atomic mass is 10.1. The molecule has 0 aromatic rings. The fourth-order valence-corrected chi connectivity index (χ4v) is 2.48. The maximum absolute atomic E-state index is 12.1. The molecular formula is C12H23N3O2S. The van der Waals surface area contributed by atoms with Gasteiger partial charge in [-0.25, -0.2) is 0 Å². The first kappa shape index (κ1) is 15.3. The fraction of sp³-hybridized carbons (Fsp3) is 0.833. The minimum atomic E-state index is -0.281. The first-order valence-electron chi connectivity index (χ1n) is 6.52. The Balaban J connectivity index is 2.72. The monoisotopic (exact) mass is 273 g/mol. The smallest absolute Gasteiger partial charge is 0.239 e. The lowest BCUT2D eigenvalue weighted by Crippen LogP contribution is -2.59. The molecule has 3 N–H and O–H groups in total. The molecule has 2 unspecified atom stereocenters. The molecule has 0 bridgehead atoms. The predicted molar refractivity (Wildman–Crippen MR) is 75.5 cm³/mol. The molecule has 1 heterocycles. The van der Waals surface area contributed by atoms with Crippen LogP contribution < -0.4 is 11.1 Å². The molecule has 2 atom stereocenters. The van der Waals surface area contributed by atoms with E-state index in [9.17, 15) is 4.79 Å². The van der Waals surface area contributed by atoms with Crippen LogP contribution in [0.2, 0.25) is 0 Å². The van der Waals surface area contributed by atoms with Crippen LogP contribution in [0.5, 0.6) is 0 Å². The van der Waals surface area contributed by atoms with Crippen LogP contribution in [0, 0.1) is 0 Å². The molecule has 0 saturated carbocycles. The van der Waals surface area contributed by atoms with Crippen LogP contribution in [0.3, 0.4) is 0 Å². The Morgan fingerprint density at radius 2 is 2.33 bits per heavy atom. The van der Waals surface area contributed by atoms with Crippen molar-refractivity contribution in [2.75, 3.05) is 26.3 Å². The second-order valence-electron chi connectivity index (χ2n) is 4.45. The molecular weight excluding hydrogens is 250 g/mol. The van der Waals surface area contributed by atoms with E-state index in [4.69, 9.17) is 22.7 Å². The Hall–Kier alpha value is -0.720. The summed E-state index contributed by atoms with van der Waals surface area (Å²) in [5.74, 6) is 0.00579. The number of rotatable bonds is 6. The van der Waals surface area contributed by atoms with Crippen molar-refractivity contribution in [3.63, 3.8) is 0 Å². The van der Waals surface area contributed by atoms with E-state index in [1.54, 1.807) is 0 Å². The number of ether oxygens (including phenoxy) is 1. The number of morpholine rings is 1. The number of carbonyl (C=O) groups excluding carboxylic acids is 1. The van der Waals surface area contributed by atoms with Gasteiger partial charge < -0.3 is 15.8 Å². The molecule has 1 fully saturated rings. The summed E-state index contributed by atoms with van der Waals surface area (Å²) in [6, 6.07) is -0.307. The third-order valence-corrected chi connectivity index (χ3v) is 3.41. The SMILES string of the molecule is CCCNC(=O)C1COCCN1C(CC)C(N)=S. The van der Waals surface area contributed by atoms with E-state index in [2.05, 4.69) is 10.2 Å². The highest BCUT2D eigenvalue weighted by Crippen LogP contribution is 2.14. The van der Waals surface area contributed by atoms with E-state index in [1.807, 2.05) is 13.8 Å². The molecule has 18 heavy (non-hydrogen) atoms. The third kappa shape index (κ3) is 3.90. The van der Waals surface area contributed by atoms with Crippen LogP contribution in [0.25, 0.3) is 0 Å². The van der Waals surface area contributed by atoms with Crippen LogP contribution in [0.4, 0.5) is 0 Å². The van der Waals surface area contributed by atoms with E-state index in [1.165, 1.54) is 0 Å². The van der Waals surface area contributed by atoms with Crippen molar-refractivity contribution >= 4 is 23.1 Å². The Kier molecular flexibility index (Phi) is 6.52. The second-order valence-corrected chi connectivity index (χ2v) is 4.92. The Labute approximate surface area is 114 Å². The molecule has 0 aromatic heterocycles. The Morgan fingerprint density at radius 1 is 1.61 bits per heavy atom. The molecule has 1 amide bonds. The number of nitrogens with zero attached hydrogens (tertiary/aromatic N) is 1. The van der Waals surface area contributed by atoms with Crippen molar-refractivity contribution in [3.8, 4) is 0 Å². The van der Waals surface area contributed by atoms with Crippen molar-refractivity contribution in [3.05, 3.63) is 0 Å². The molecule has 0 radical (unpaired) electrons. The lowest BCUT2D eigenvalue weighted by molar-refractivity contribution is -0.133. The van der Waals surface area contributed by atoms with E-state index in [-0.39, 0.29) is 18.0 Å². The van der Waals surface area contributed by atoms with Gasteiger partial charge in [0.05, 0.1) is 24.2 Å². The normalized spacial score (nSPS) is 22.4. The number of hydrogen-bond acceptors (Lipinski definition) is 4. The molecule has 0 aliphatic carbocycles. The molecule has 6 heteroatoms. The van der Waals surface area contributed by atoms with E-state index in [0.717, 1.165) is 12.8 Å². The van der Waals surface area contributed by atoms with Crippen molar-refractivity contribution < 1.29 is 9.53 Å². The number of amides is 1. The van der Waals surface area contributed by atoms with Crippen LogP contribution in [-0.4, -0.2) is 54.2 Å². The Morgan fingerprint density at radius 3 is 2.89 bits per heavy atom. The molecule has 0 spiro atoms. The summed E-state index contributed by atoms with van der Waals surface area (Å²) in [6.07, 6.45) is 1.73. The van der Waals surface area contributed by atoms with Crippen molar-refractivity contribution in [2.24, 2.45) is 5.73 Å². The average molecular weight is 273 g/mol. The summed E-state index contributed by atoms with van der Waals surface area (Å²) in [7, 11) is 0. The topological polar surface area (TPSA) is 67.6 Å². The first-order chi connectivity index (χ1) is 8.61. The van der Waals surface area contributed by atoms with E-state index >= 15 is 0 Å². The molecule has 0 aromatic carbocycles. The molecule has 104 valence electrons. The highest BCUT2D eigenvalue weighted by atomic mass is 32.1. The first-order valence-corrected chi connectivity index (χ1v) is 6.93. The van der Waals surface area contributed by atoms with Crippen LogP contribution >= 0.6 is 12.2 Å². The number of thiocarbonyl (C=S) groups is 1. The van der Waals surface area contributed by atoms with Gasteiger partial charge in [0.25, 0.3) is 0 Å². The van der Waals surface area contributed by atoms with Gasteiger partial charge in [-0.2, -0.15) is 0 Å². The maximum atomic E-state index is 12.1. The molecule has 1 aliphatic heterocycles. The maximum Gasteiger partial charge on any atom is 0.239 e. The van der Waals surface area contributed by atoms with Crippen LogP contribution in [0.15, 0.2) is 0 Å². The van der Waals surface area contributed by atoms with Gasteiger partial charge >= 0.3 is 0 Å². The number of hydrogen-bond donors (Lipinski definition) is 2. The van der Waals surface area contributed by atoms with Crippen LogP contribution in [0.1, 0.15) is 26.7 Å². The highest BCUT2D eigenvalue weighted by Gasteiger charge is 2.34. The van der Waals surface area contributed by atoms with Gasteiger partial charge in [-0.3, -0.25) is 9.69 Å². The third-order valence-electron chi connectivity index (χ3n) is 3.14. The van der Waals surface area contributed by atoms with Crippen LogP contribution in [-0.2, 0) is 9.53 Å². The van der Waals surface area contributed by atoms with Gasteiger partial charge in [-0.1, -0.05) is 26.1 Å². The van der Waals surface area contributed by atoms with Gasteiger partial charge in [0.15, 0.2) is 0 Å². The van der Waals surface area contributed by atoms with Crippen molar-refractivity contribution in [1.82, 2.24) is 10.2 Å². The zero-order valence-electron chi connectivity index (χ0n) is 11.1. The number of nitrogens with two attached hydrogens (primary N) is 1. The zero-order chi connectivity index (χ0) is 13.5. The van der Waals surface area contributed by atoms with Crippen molar-refractivity contribution in [1.29, 1.82) is 0 Å². The molecule has 5 nitrogen and oxygen atoms in total. The predicted octanol–water partition coefficient (Wildman–Crippen LogP) is 0.278. The summed E-state index contributed by atoms with van der Waals surface area (Å²) in [6.45, 7) is 6.47.